The summed E-state index contributed by atoms with van der Waals surface area (Å²) in [5, 5.41) is 0.531. The van der Waals surface area contributed by atoms with Crippen LogP contribution in [0.5, 0.6) is 0 Å². The Hall–Kier alpha value is -0.890. The van der Waals surface area contributed by atoms with Crippen molar-refractivity contribution in [2.75, 3.05) is 0 Å². The number of benzene rings is 1. The third kappa shape index (κ3) is 4.47. The molecule has 0 bridgehead atoms. The van der Waals surface area contributed by atoms with Gasteiger partial charge in [0.2, 0.25) is 0 Å². The zero-order valence-electron chi connectivity index (χ0n) is 10.5. The van der Waals surface area contributed by atoms with Crippen LogP contribution in [0.25, 0.3) is 0 Å². The second-order valence-electron chi connectivity index (χ2n) is 5.26. The average molecular weight is 257 g/mol. The predicted molar refractivity (Wildman–Crippen MR) is 68.8 cm³/mol. The van der Waals surface area contributed by atoms with Crippen LogP contribution in [0.4, 0.5) is 4.39 Å². The van der Waals surface area contributed by atoms with Crippen LogP contribution < -0.4 is 0 Å². The highest BCUT2D eigenvalue weighted by atomic mass is 35.5. The van der Waals surface area contributed by atoms with Gasteiger partial charge in [-0.25, -0.2) is 4.39 Å². The zero-order valence-corrected chi connectivity index (χ0v) is 11.3. The minimum Gasteiger partial charge on any atom is -0.299 e. The number of carbonyl (C=O) groups excluding carboxylic acids is 1. The first kappa shape index (κ1) is 14.2. The molecule has 0 N–H and O–H groups in total. The molecule has 3 heteroatoms. The summed E-state index contributed by atoms with van der Waals surface area (Å²) in [5.41, 5.74) is 0.270. The minimum absolute atomic E-state index is 0.208. The van der Waals surface area contributed by atoms with E-state index in [0.717, 1.165) is 0 Å². The van der Waals surface area contributed by atoms with E-state index in [4.69, 9.17) is 11.6 Å². The molecule has 0 radical (unpaired) electrons. The first-order valence-electron chi connectivity index (χ1n) is 5.78. The summed E-state index contributed by atoms with van der Waals surface area (Å²) in [7, 11) is 0. The van der Waals surface area contributed by atoms with Gasteiger partial charge in [-0.3, -0.25) is 4.79 Å². The van der Waals surface area contributed by atoms with Crippen molar-refractivity contribution in [1.82, 2.24) is 0 Å². The molecule has 1 rings (SSSR count). The molecule has 0 unspecified atom stereocenters. The quantitative estimate of drug-likeness (QED) is 0.780. The van der Waals surface area contributed by atoms with E-state index in [-0.39, 0.29) is 17.0 Å². The van der Waals surface area contributed by atoms with Crippen molar-refractivity contribution in [2.24, 2.45) is 5.41 Å². The van der Waals surface area contributed by atoms with Gasteiger partial charge in [0.05, 0.1) is 0 Å². The van der Waals surface area contributed by atoms with E-state index in [2.05, 4.69) is 0 Å². The fraction of sp³-hybridized carbons (Fsp3) is 0.500. The summed E-state index contributed by atoms with van der Waals surface area (Å²) in [6, 6.07) is 4.52. The van der Waals surface area contributed by atoms with Crippen LogP contribution in [0.3, 0.4) is 0 Å². The Morgan fingerprint density at radius 3 is 2.59 bits per heavy atom. The highest BCUT2D eigenvalue weighted by molar-refractivity contribution is 6.30. The Labute approximate surface area is 107 Å². The van der Waals surface area contributed by atoms with E-state index >= 15 is 0 Å². The molecule has 0 amide bonds. The fourth-order valence-electron chi connectivity index (χ4n) is 1.55. The number of hydrogen-bond donors (Lipinski definition) is 0. The predicted octanol–water partition coefficient (Wildman–Crippen LogP) is 4.42. The molecule has 0 spiro atoms. The molecule has 0 fully saturated rings. The summed E-state index contributed by atoms with van der Waals surface area (Å²) in [5.74, 6) is -0.0439. The van der Waals surface area contributed by atoms with E-state index < -0.39 is 0 Å². The average Bonchev–Trinajstić information content (AvgIpc) is 2.21. The Morgan fingerprint density at radius 1 is 1.35 bits per heavy atom. The summed E-state index contributed by atoms with van der Waals surface area (Å²) < 4.78 is 13.4. The third-order valence-corrected chi connectivity index (χ3v) is 2.93. The van der Waals surface area contributed by atoms with E-state index in [0.29, 0.717) is 29.8 Å². The third-order valence-electron chi connectivity index (χ3n) is 2.69. The molecule has 0 saturated heterocycles. The van der Waals surface area contributed by atoms with Crippen LogP contribution in [-0.2, 0) is 11.2 Å². The summed E-state index contributed by atoms with van der Waals surface area (Å²) >= 11 is 5.80. The lowest BCUT2D eigenvalue weighted by atomic mass is 9.87. The van der Waals surface area contributed by atoms with Crippen molar-refractivity contribution in [1.29, 1.82) is 0 Å². The van der Waals surface area contributed by atoms with Gasteiger partial charge in [-0.05, 0) is 36.6 Å². The van der Waals surface area contributed by atoms with Crippen LogP contribution in [0.15, 0.2) is 18.2 Å². The Morgan fingerprint density at radius 2 is 2.00 bits per heavy atom. The van der Waals surface area contributed by atoms with E-state index in [1.54, 1.807) is 6.07 Å². The molecule has 0 aromatic heterocycles. The molecule has 0 saturated carbocycles. The number of Topliss-reactive ketones (excluding diaryl/α,β-unsaturated/α-hetero) is 1. The molecular weight excluding hydrogens is 239 g/mol. The number of rotatable bonds is 4. The summed E-state index contributed by atoms with van der Waals surface area (Å²) in [6.45, 7) is 5.69. The lowest BCUT2D eigenvalue weighted by molar-refractivity contribution is -0.126. The van der Waals surface area contributed by atoms with Crippen molar-refractivity contribution in [3.8, 4) is 0 Å². The Kier molecular flexibility index (Phi) is 4.70. The van der Waals surface area contributed by atoms with Crippen LogP contribution in [0, 0.1) is 11.2 Å². The maximum Gasteiger partial charge on any atom is 0.138 e. The van der Waals surface area contributed by atoms with Crippen LogP contribution in [-0.4, -0.2) is 5.78 Å². The molecule has 17 heavy (non-hydrogen) atoms. The molecule has 0 heterocycles. The maximum atomic E-state index is 13.4. The first-order valence-corrected chi connectivity index (χ1v) is 6.16. The molecule has 0 aliphatic rings. The van der Waals surface area contributed by atoms with Crippen LogP contribution in [0.2, 0.25) is 5.02 Å². The summed E-state index contributed by atoms with van der Waals surface area (Å²) in [6.07, 6.45) is 1.69. The minimum atomic E-state index is -0.313. The van der Waals surface area contributed by atoms with Gasteiger partial charge < -0.3 is 0 Å². The van der Waals surface area contributed by atoms with E-state index in [1.807, 2.05) is 20.8 Å². The number of ketones is 1. The second kappa shape index (κ2) is 5.63. The molecule has 1 aromatic rings. The fourth-order valence-corrected chi connectivity index (χ4v) is 1.74. The van der Waals surface area contributed by atoms with Gasteiger partial charge in [-0.1, -0.05) is 32.4 Å². The van der Waals surface area contributed by atoms with E-state index in [1.165, 1.54) is 12.1 Å². The van der Waals surface area contributed by atoms with Gasteiger partial charge in [-0.15, -0.1) is 0 Å². The van der Waals surface area contributed by atoms with Gasteiger partial charge in [-0.2, -0.15) is 0 Å². The molecule has 1 nitrogen and oxygen atoms in total. The zero-order chi connectivity index (χ0) is 13.1. The Bertz CT molecular complexity index is 407. The van der Waals surface area contributed by atoms with Gasteiger partial charge in [0.1, 0.15) is 11.6 Å². The maximum absolute atomic E-state index is 13.4. The van der Waals surface area contributed by atoms with Crippen molar-refractivity contribution < 1.29 is 9.18 Å². The van der Waals surface area contributed by atoms with Crippen molar-refractivity contribution >= 4 is 17.4 Å². The highest BCUT2D eigenvalue weighted by Gasteiger charge is 2.20. The molecule has 0 aliphatic carbocycles. The highest BCUT2D eigenvalue weighted by Crippen LogP contribution is 2.20. The van der Waals surface area contributed by atoms with Gasteiger partial charge in [0, 0.05) is 16.9 Å². The second-order valence-corrected chi connectivity index (χ2v) is 5.70. The smallest absolute Gasteiger partial charge is 0.138 e. The van der Waals surface area contributed by atoms with Crippen molar-refractivity contribution in [3.05, 3.63) is 34.6 Å². The molecule has 1 aromatic carbocycles. The van der Waals surface area contributed by atoms with Crippen molar-refractivity contribution in [2.45, 2.75) is 40.0 Å². The molecular formula is C14H18ClFO. The number of hydrogen-bond acceptors (Lipinski definition) is 1. The number of carbonyl (C=O) groups is 1. The number of aryl methyl sites for hydroxylation is 1. The summed E-state index contributed by atoms with van der Waals surface area (Å²) in [4.78, 5) is 11.7. The molecule has 94 valence electrons. The van der Waals surface area contributed by atoms with Gasteiger partial charge in [0.15, 0.2) is 0 Å². The topological polar surface area (TPSA) is 17.1 Å². The van der Waals surface area contributed by atoms with Crippen LogP contribution in [0.1, 0.15) is 39.2 Å². The molecule has 0 atom stereocenters. The van der Waals surface area contributed by atoms with E-state index in [9.17, 15) is 9.18 Å². The lowest BCUT2D eigenvalue weighted by Gasteiger charge is -2.16. The monoisotopic (exact) mass is 256 g/mol. The van der Waals surface area contributed by atoms with Gasteiger partial charge >= 0.3 is 0 Å². The van der Waals surface area contributed by atoms with Crippen molar-refractivity contribution in [3.63, 3.8) is 0 Å². The number of halogens is 2. The molecule has 0 aliphatic heterocycles. The van der Waals surface area contributed by atoms with Gasteiger partial charge in [0.25, 0.3) is 0 Å². The van der Waals surface area contributed by atoms with Crippen LogP contribution >= 0.6 is 11.6 Å². The lowest BCUT2D eigenvalue weighted by Crippen LogP contribution is -2.19. The first-order chi connectivity index (χ1) is 7.80. The SMILES string of the molecule is CC(C)(C)C(=O)CCCc1cc(Cl)ccc1F. The standard InChI is InChI=1S/C14H18ClFO/c1-14(2,3)13(17)6-4-5-10-9-11(15)7-8-12(10)16/h7-9H,4-6H2,1-3H3. The Balaban J connectivity index is 2.52. The largest absolute Gasteiger partial charge is 0.299 e. The normalized spacial score (nSPS) is 11.6.